The predicted molar refractivity (Wildman–Crippen MR) is 103 cm³/mol. The Morgan fingerprint density at radius 3 is 2.38 bits per heavy atom. The van der Waals surface area contributed by atoms with Crippen molar-refractivity contribution in [2.24, 2.45) is 0 Å². The van der Waals surface area contributed by atoms with Crippen LogP contribution < -0.4 is 10.6 Å². The van der Waals surface area contributed by atoms with Gasteiger partial charge in [-0.2, -0.15) is 5.10 Å². The molecule has 1 heterocycles. The Morgan fingerprint density at radius 1 is 1.27 bits per heavy atom. The summed E-state index contributed by atoms with van der Waals surface area (Å²) in [5, 5.41) is 10.5. The van der Waals surface area contributed by atoms with Crippen LogP contribution in [0, 0.1) is 6.92 Å². The molecule has 0 saturated heterocycles. The Hall–Kier alpha value is -2.11. The Kier molecular flexibility index (Phi) is 6.26. The van der Waals surface area contributed by atoms with Gasteiger partial charge in [-0.15, -0.1) is 0 Å². The summed E-state index contributed by atoms with van der Waals surface area (Å²) >= 11 is 0. The molecule has 1 fully saturated rings. The lowest BCUT2D eigenvalue weighted by molar-refractivity contribution is -0.118. The maximum atomic E-state index is 12.7. The van der Waals surface area contributed by atoms with Crippen LogP contribution in [0.1, 0.15) is 75.3 Å². The van der Waals surface area contributed by atoms with Crippen molar-refractivity contribution in [3.63, 3.8) is 0 Å². The van der Waals surface area contributed by atoms with Crippen molar-refractivity contribution in [3.8, 4) is 0 Å². The highest BCUT2D eigenvalue weighted by atomic mass is 16.2. The van der Waals surface area contributed by atoms with Crippen molar-refractivity contribution in [2.45, 2.75) is 77.3 Å². The molecule has 0 spiro atoms. The molecule has 0 bridgehead atoms. The minimum Gasteiger partial charge on any atom is -0.350 e. The number of hydrogen-bond donors (Lipinski definition) is 2. The zero-order valence-electron chi connectivity index (χ0n) is 16.5. The molecule has 2 rings (SSSR count). The van der Waals surface area contributed by atoms with Crippen molar-refractivity contribution >= 4 is 11.8 Å². The predicted octanol–water partition coefficient (Wildman–Crippen LogP) is 3.07. The summed E-state index contributed by atoms with van der Waals surface area (Å²) in [5.41, 5.74) is 0.854. The second-order valence-corrected chi connectivity index (χ2v) is 8.30. The third-order valence-corrected chi connectivity index (χ3v) is 5.11. The number of nitrogens with one attached hydrogen (secondary N) is 2. The molecule has 1 aromatic rings. The van der Waals surface area contributed by atoms with E-state index in [0.29, 0.717) is 12.1 Å². The monoisotopic (exact) mass is 360 g/mol. The first-order valence-electron chi connectivity index (χ1n) is 9.46. The van der Waals surface area contributed by atoms with Gasteiger partial charge in [0.2, 0.25) is 5.91 Å². The summed E-state index contributed by atoms with van der Waals surface area (Å²) in [6, 6.07) is 0. The molecule has 1 aliphatic rings. The molecular weight excluding hydrogens is 328 g/mol. The van der Waals surface area contributed by atoms with Gasteiger partial charge in [0.05, 0.1) is 22.8 Å². The lowest BCUT2D eigenvalue weighted by Crippen LogP contribution is -2.55. The van der Waals surface area contributed by atoms with Gasteiger partial charge in [-0.3, -0.25) is 14.3 Å². The summed E-state index contributed by atoms with van der Waals surface area (Å²) in [6.45, 7) is 12.1. The van der Waals surface area contributed by atoms with Crippen LogP contribution in [0.5, 0.6) is 0 Å². The summed E-state index contributed by atoms with van der Waals surface area (Å²) < 4.78 is 1.86. The highest BCUT2D eigenvalue weighted by molar-refractivity contribution is 5.95. The smallest absolute Gasteiger partial charge is 0.254 e. The third kappa shape index (κ3) is 4.74. The van der Waals surface area contributed by atoms with E-state index in [1.54, 1.807) is 6.20 Å². The fourth-order valence-corrected chi connectivity index (χ4v) is 3.72. The van der Waals surface area contributed by atoms with Gasteiger partial charge in [-0.05, 0) is 46.6 Å². The van der Waals surface area contributed by atoms with E-state index in [1.165, 1.54) is 6.08 Å². The number of rotatable bonds is 5. The first-order valence-corrected chi connectivity index (χ1v) is 9.46. The van der Waals surface area contributed by atoms with E-state index in [-0.39, 0.29) is 17.4 Å². The Bertz CT molecular complexity index is 662. The molecule has 0 atom stereocenters. The molecule has 1 saturated carbocycles. The number of carbonyl (C=O) groups excluding carboxylic acids is 2. The molecule has 144 valence electrons. The molecule has 2 amide bonds. The summed E-state index contributed by atoms with van der Waals surface area (Å²) in [6.07, 6.45) is 9.08. The van der Waals surface area contributed by atoms with Crippen LogP contribution >= 0.6 is 0 Å². The van der Waals surface area contributed by atoms with Crippen molar-refractivity contribution in [2.75, 3.05) is 6.54 Å². The Morgan fingerprint density at radius 2 is 1.88 bits per heavy atom. The number of nitrogens with zero attached hydrogens (tertiary/aromatic N) is 2. The first kappa shape index (κ1) is 20.2. The van der Waals surface area contributed by atoms with E-state index in [0.717, 1.165) is 44.2 Å². The fraction of sp³-hybridized carbons (Fsp3) is 0.650. The van der Waals surface area contributed by atoms with Crippen LogP contribution in [0.25, 0.3) is 0 Å². The van der Waals surface area contributed by atoms with Gasteiger partial charge >= 0.3 is 0 Å². The summed E-state index contributed by atoms with van der Waals surface area (Å²) in [4.78, 5) is 24.7. The fourth-order valence-electron chi connectivity index (χ4n) is 3.72. The molecule has 1 aliphatic carbocycles. The molecule has 0 aliphatic heterocycles. The number of aromatic nitrogens is 2. The van der Waals surface area contributed by atoms with Crippen molar-refractivity contribution in [3.05, 3.63) is 30.1 Å². The number of carbonyl (C=O) groups is 2. The van der Waals surface area contributed by atoms with Gasteiger partial charge in [0, 0.05) is 12.2 Å². The normalized spacial score (nSPS) is 17.2. The zero-order chi connectivity index (χ0) is 19.4. The molecule has 1 aromatic heterocycles. The third-order valence-electron chi connectivity index (χ3n) is 5.11. The van der Waals surface area contributed by atoms with Gasteiger partial charge < -0.3 is 10.6 Å². The highest BCUT2D eigenvalue weighted by Crippen LogP contribution is 2.27. The van der Waals surface area contributed by atoms with Gasteiger partial charge in [-0.1, -0.05) is 32.3 Å². The van der Waals surface area contributed by atoms with Crippen molar-refractivity contribution in [1.29, 1.82) is 0 Å². The van der Waals surface area contributed by atoms with Gasteiger partial charge in [-0.25, -0.2) is 0 Å². The van der Waals surface area contributed by atoms with Crippen molar-refractivity contribution < 1.29 is 9.59 Å². The maximum absolute atomic E-state index is 12.7. The SMILES string of the molecule is C=CC(=O)NC1(CNC(=O)c2cnn(C(C)(C)C)c2C)CCCCCC1. The average molecular weight is 361 g/mol. The van der Waals surface area contributed by atoms with E-state index < -0.39 is 5.54 Å². The van der Waals surface area contributed by atoms with E-state index in [9.17, 15) is 9.59 Å². The van der Waals surface area contributed by atoms with Crippen LogP contribution in [0.4, 0.5) is 0 Å². The summed E-state index contributed by atoms with van der Waals surface area (Å²) in [5.74, 6) is -0.327. The Balaban J connectivity index is 2.13. The zero-order valence-corrected chi connectivity index (χ0v) is 16.5. The van der Waals surface area contributed by atoms with E-state index in [4.69, 9.17) is 0 Å². The topological polar surface area (TPSA) is 76.0 Å². The number of amides is 2. The van der Waals surface area contributed by atoms with Crippen LogP contribution in [0.15, 0.2) is 18.9 Å². The molecule has 2 N–H and O–H groups in total. The highest BCUT2D eigenvalue weighted by Gasteiger charge is 2.33. The standard InChI is InChI=1S/C20H32N4O2/c1-6-17(25)23-20(11-9-7-8-10-12-20)14-21-18(26)16-13-22-24(15(16)2)19(3,4)5/h6,13H,1,7-12,14H2,2-5H3,(H,21,26)(H,23,25). The van der Waals surface area contributed by atoms with Gasteiger partial charge in [0.1, 0.15) is 0 Å². The van der Waals surface area contributed by atoms with E-state index >= 15 is 0 Å². The molecule has 0 aromatic carbocycles. The van der Waals surface area contributed by atoms with Crippen LogP contribution in [-0.4, -0.2) is 33.7 Å². The molecule has 6 heteroatoms. The lowest BCUT2D eigenvalue weighted by Gasteiger charge is -2.34. The minimum absolute atomic E-state index is 0.144. The minimum atomic E-state index is -0.397. The molecule has 0 radical (unpaired) electrons. The molecule has 26 heavy (non-hydrogen) atoms. The quantitative estimate of drug-likeness (QED) is 0.626. The van der Waals surface area contributed by atoms with Crippen LogP contribution in [0.3, 0.4) is 0 Å². The van der Waals surface area contributed by atoms with Gasteiger partial charge in [0.15, 0.2) is 0 Å². The summed E-state index contributed by atoms with van der Waals surface area (Å²) in [7, 11) is 0. The maximum Gasteiger partial charge on any atom is 0.254 e. The molecule has 0 unspecified atom stereocenters. The molecule has 6 nitrogen and oxygen atoms in total. The second-order valence-electron chi connectivity index (χ2n) is 8.30. The lowest BCUT2D eigenvalue weighted by atomic mass is 9.89. The van der Waals surface area contributed by atoms with Crippen LogP contribution in [0.2, 0.25) is 0 Å². The van der Waals surface area contributed by atoms with Crippen molar-refractivity contribution in [1.82, 2.24) is 20.4 Å². The van der Waals surface area contributed by atoms with Gasteiger partial charge in [0.25, 0.3) is 5.91 Å². The van der Waals surface area contributed by atoms with E-state index in [2.05, 4.69) is 43.1 Å². The van der Waals surface area contributed by atoms with Crippen LogP contribution in [-0.2, 0) is 10.3 Å². The first-order chi connectivity index (χ1) is 12.2. The Labute approximate surface area is 156 Å². The number of hydrogen-bond acceptors (Lipinski definition) is 3. The molecular formula is C20H32N4O2. The average Bonchev–Trinajstić information content (AvgIpc) is 2.83. The van der Waals surface area contributed by atoms with E-state index in [1.807, 2.05) is 11.6 Å². The second kappa shape index (κ2) is 8.06. The largest absolute Gasteiger partial charge is 0.350 e.